The van der Waals surface area contributed by atoms with Gasteiger partial charge in [-0.1, -0.05) is 29.8 Å². The van der Waals surface area contributed by atoms with Crippen LogP contribution in [0.25, 0.3) is 10.7 Å². The summed E-state index contributed by atoms with van der Waals surface area (Å²) >= 11 is 6.57. The highest BCUT2D eigenvalue weighted by Gasteiger charge is 2.24. The minimum absolute atomic E-state index is 0.225. The van der Waals surface area contributed by atoms with Gasteiger partial charge in [0.15, 0.2) is 0 Å². The number of nitrogens with one attached hydrogen (secondary N) is 1. The van der Waals surface area contributed by atoms with Crippen molar-refractivity contribution in [2.24, 2.45) is 5.10 Å². The Labute approximate surface area is 150 Å². The van der Waals surface area contributed by atoms with Gasteiger partial charge in [0.2, 0.25) is 0 Å². The number of nitrogens with zero attached hydrogens (tertiary/aromatic N) is 4. The Hall–Kier alpha value is -2.91. The van der Waals surface area contributed by atoms with E-state index in [2.05, 4.69) is 15.6 Å². The number of hydrogen-bond acceptors (Lipinski definition) is 4. The Morgan fingerprint density at radius 1 is 1.44 bits per heavy atom. The molecular weight excluding hydrogens is 338 g/mol. The molecule has 0 aliphatic heterocycles. The lowest BCUT2D eigenvalue weighted by Crippen LogP contribution is -2.16. The molecule has 0 atom stereocenters. The number of benzene rings is 1. The Morgan fingerprint density at radius 3 is 2.92 bits per heavy atom. The summed E-state index contributed by atoms with van der Waals surface area (Å²) in [6, 6.07) is 11.7. The number of fused-ring (bicyclic) bond motifs is 1. The molecule has 0 unspecified atom stereocenters. The van der Waals surface area contributed by atoms with Crippen LogP contribution in [0.1, 0.15) is 29.8 Å². The number of hydrogen-bond donors (Lipinski definition) is 1. The second-order valence-electron chi connectivity index (χ2n) is 5.62. The van der Waals surface area contributed by atoms with Crippen molar-refractivity contribution in [3.05, 3.63) is 52.9 Å². The van der Waals surface area contributed by atoms with Crippen LogP contribution in [0.15, 0.2) is 41.0 Å². The van der Waals surface area contributed by atoms with Gasteiger partial charge in [-0.15, -0.1) is 0 Å². The van der Waals surface area contributed by atoms with E-state index in [0.717, 1.165) is 34.6 Å². The van der Waals surface area contributed by atoms with Crippen LogP contribution in [0.3, 0.4) is 0 Å². The van der Waals surface area contributed by atoms with Crippen LogP contribution in [0.2, 0.25) is 0 Å². The summed E-state index contributed by atoms with van der Waals surface area (Å²) in [7, 11) is 0. The molecule has 1 amide bonds. The second kappa shape index (κ2) is 7.32. The van der Waals surface area contributed by atoms with Gasteiger partial charge in [-0.3, -0.25) is 4.79 Å². The van der Waals surface area contributed by atoms with Crippen molar-refractivity contribution < 1.29 is 4.79 Å². The van der Waals surface area contributed by atoms with Crippen molar-refractivity contribution in [1.82, 2.24) is 15.2 Å². The molecule has 0 bridgehead atoms. The van der Waals surface area contributed by atoms with Gasteiger partial charge < -0.3 is 0 Å². The van der Waals surface area contributed by atoms with E-state index < -0.39 is 5.91 Å². The smallest absolute Gasteiger partial charge is 0.254 e. The van der Waals surface area contributed by atoms with E-state index in [9.17, 15) is 4.79 Å². The van der Waals surface area contributed by atoms with Gasteiger partial charge >= 0.3 is 0 Å². The van der Waals surface area contributed by atoms with Gasteiger partial charge in [0.1, 0.15) is 6.42 Å². The van der Waals surface area contributed by atoms with Crippen molar-refractivity contribution in [3.63, 3.8) is 0 Å². The molecule has 1 heterocycles. The lowest BCUT2D eigenvalue weighted by atomic mass is 9.96. The number of nitriles is 1. The van der Waals surface area contributed by atoms with Crippen molar-refractivity contribution in [1.29, 1.82) is 5.26 Å². The van der Waals surface area contributed by atoms with Gasteiger partial charge in [-0.2, -0.15) is 15.5 Å². The number of halogens is 1. The summed E-state index contributed by atoms with van der Waals surface area (Å²) in [6.45, 7) is 1.93. The van der Waals surface area contributed by atoms with Gasteiger partial charge in [-0.25, -0.2) is 10.1 Å². The topological polar surface area (TPSA) is 83.1 Å². The molecule has 0 saturated heterocycles. The van der Waals surface area contributed by atoms with E-state index >= 15 is 0 Å². The van der Waals surface area contributed by atoms with Gasteiger partial charge in [-0.05, 0) is 37.5 Å². The maximum absolute atomic E-state index is 11.3. The summed E-state index contributed by atoms with van der Waals surface area (Å²) in [4.78, 5) is 11.3. The van der Waals surface area contributed by atoms with E-state index in [-0.39, 0.29) is 6.42 Å². The molecule has 1 aromatic carbocycles. The zero-order chi connectivity index (χ0) is 17.8. The second-order valence-corrected chi connectivity index (χ2v) is 6.00. The molecule has 25 heavy (non-hydrogen) atoms. The molecular formula is C18H16ClN5O. The van der Waals surface area contributed by atoms with Crippen molar-refractivity contribution >= 4 is 28.8 Å². The Balaban J connectivity index is 1.90. The van der Waals surface area contributed by atoms with Crippen LogP contribution >= 0.6 is 11.6 Å². The summed E-state index contributed by atoms with van der Waals surface area (Å²) in [5.74, 6) is -0.444. The van der Waals surface area contributed by atoms with E-state index in [1.165, 1.54) is 0 Å². The average molecular weight is 354 g/mol. The first-order valence-corrected chi connectivity index (χ1v) is 8.21. The highest BCUT2D eigenvalue weighted by molar-refractivity contribution is 6.51. The Kier molecular flexibility index (Phi) is 4.96. The number of rotatable bonds is 4. The third-order valence-electron chi connectivity index (χ3n) is 3.94. The molecule has 126 valence electrons. The fourth-order valence-electron chi connectivity index (χ4n) is 2.81. The summed E-state index contributed by atoms with van der Waals surface area (Å²) in [6.07, 6.45) is 2.78. The first-order chi connectivity index (χ1) is 12.1. The molecule has 2 aromatic rings. The van der Waals surface area contributed by atoms with Crippen molar-refractivity contribution in [3.8, 4) is 11.8 Å². The maximum Gasteiger partial charge on any atom is 0.254 e. The summed E-state index contributed by atoms with van der Waals surface area (Å²) in [5.41, 5.74) is 6.99. The first kappa shape index (κ1) is 16.9. The van der Waals surface area contributed by atoms with Crippen molar-refractivity contribution in [2.45, 2.75) is 26.2 Å². The molecule has 6 nitrogen and oxygen atoms in total. The normalized spacial score (nSPS) is 13.6. The summed E-state index contributed by atoms with van der Waals surface area (Å²) in [5, 5.41) is 17.6. The monoisotopic (exact) mass is 353 g/mol. The van der Waals surface area contributed by atoms with E-state index in [1.54, 1.807) is 12.3 Å². The Bertz CT molecular complexity index is 906. The molecule has 7 heteroatoms. The maximum atomic E-state index is 11.3. The van der Waals surface area contributed by atoms with Crippen LogP contribution in [-0.2, 0) is 11.2 Å². The third kappa shape index (κ3) is 3.47. The number of carbonyl (C=O) groups excluding carboxylic acids is 1. The fourth-order valence-corrected chi connectivity index (χ4v) is 3.20. The van der Waals surface area contributed by atoms with Gasteiger partial charge in [0, 0.05) is 5.56 Å². The third-order valence-corrected chi connectivity index (χ3v) is 4.37. The average Bonchev–Trinajstić information content (AvgIpc) is 2.95. The van der Waals surface area contributed by atoms with Crippen molar-refractivity contribution in [2.75, 3.05) is 0 Å². The molecule has 0 radical (unpaired) electrons. The van der Waals surface area contributed by atoms with Crippen LogP contribution in [0.4, 0.5) is 0 Å². The molecule has 1 aliphatic carbocycles. The minimum atomic E-state index is -0.444. The predicted octanol–water partition coefficient (Wildman–Crippen LogP) is 3.09. The number of amides is 1. The standard InChI is InChI=1S/C18H16ClN5O/c1-12-17-15(24(23-12)14-5-3-2-4-6-14)8-7-13(18(17)19)11-21-22-16(25)9-10-20/h2-6,11H,7-9H2,1H3,(H,22,25)/b21-11+. The summed E-state index contributed by atoms with van der Waals surface area (Å²) < 4.78 is 1.93. The van der Waals surface area contributed by atoms with Gasteiger partial charge in [0.25, 0.3) is 5.91 Å². The van der Waals surface area contributed by atoms with Crippen LogP contribution in [0, 0.1) is 18.3 Å². The first-order valence-electron chi connectivity index (χ1n) is 7.83. The molecule has 1 N–H and O–H groups in total. The fraction of sp³-hybridized carbons (Fsp3) is 0.222. The zero-order valence-electron chi connectivity index (χ0n) is 13.7. The predicted molar refractivity (Wildman–Crippen MR) is 96.3 cm³/mol. The lowest BCUT2D eigenvalue weighted by molar-refractivity contribution is -0.120. The molecule has 1 aliphatic rings. The van der Waals surface area contributed by atoms with E-state index in [1.807, 2.05) is 41.9 Å². The number of aryl methyl sites for hydroxylation is 1. The SMILES string of the molecule is Cc1nn(-c2ccccc2)c2c1C(Cl)=C(/C=N/NC(=O)CC#N)CC2. The highest BCUT2D eigenvalue weighted by atomic mass is 35.5. The van der Waals surface area contributed by atoms with E-state index in [4.69, 9.17) is 16.9 Å². The molecule has 0 fully saturated rings. The van der Waals surface area contributed by atoms with Crippen LogP contribution in [0.5, 0.6) is 0 Å². The number of hydrazone groups is 1. The Morgan fingerprint density at radius 2 is 2.20 bits per heavy atom. The quantitative estimate of drug-likeness (QED) is 0.677. The molecule has 0 spiro atoms. The zero-order valence-corrected chi connectivity index (χ0v) is 14.4. The lowest BCUT2D eigenvalue weighted by Gasteiger charge is -2.16. The number of aromatic nitrogens is 2. The number of allylic oxidation sites excluding steroid dienone is 1. The molecule has 1 aromatic heterocycles. The van der Waals surface area contributed by atoms with E-state index in [0.29, 0.717) is 11.5 Å². The molecule has 0 saturated carbocycles. The van der Waals surface area contributed by atoms with Gasteiger partial charge in [0.05, 0.1) is 34.4 Å². The number of carbonyl (C=O) groups is 1. The molecule has 3 rings (SSSR count). The highest BCUT2D eigenvalue weighted by Crippen LogP contribution is 2.36. The number of para-hydroxylation sites is 1. The van der Waals surface area contributed by atoms with Crippen LogP contribution in [-0.4, -0.2) is 21.9 Å². The minimum Gasteiger partial charge on any atom is -0.272 e. The van der Waals surface area contributed by atoms with Crippen LogP contribution < -0.4 is 5.43 Å². The largest absolute Gasteiger partial charge is 0.272 e.